The standard InChI is InChI=1S/C12H16Cl2N2O/c13-9-5-4-6-10(12(9)14)16-11(17)7-2-1-3-8-15/h4-6H,1-3,7-8,15H2,(H,16,17). The first-order valence-corrected chi connectivity index (χ1v) is 6.34. The molecule has 1 amide bonds. The summed E-state index contributed by atoms with van der Waals surface area (Å²) in [4.78, 5) is 11.6. The minimum absolute atomic E-state index is 0.0498. The van der Waals surface area contributed by atoms with E-state index in [9.17, 15) is 4.79 Å². The summed E-state index contributed by atoms with van der Waals surface area (Å²) >= 11 is 11.8. The number of hydrogen-bond acceptors (Lipinski definition) is 2. The maximum absolute atomic E-state index is 11.6. The molecule has 0 fully saturated rings. The summed E-state index contributed by atoms with van der Waals surface area (Å²) in [7, 11) is 0. The van der Waals surface area contributed by atoms with Gasteiger partial charge in [0.2, 0.25) is 5.91 Å². The summed E-state index contributed by atoms with van der Waals surface area (Å²) in [5, 5.41) is 3.56. The molecule has 94 valence electrons. The number of rotatable bonds is 6. The molecule has 1 aromatic rings. The molecule has 1 rings (SSSR count). The van der Waals surface area contributed by atoms with Gasteiger partial charge in [-0.15, -0.1) is 0 Å². The zero-order valence-electron chi connectivity index (χ0n) is 9.51. The lowest BCUT2D eigenvalue weighted by Gasteiger charge is -2.07. The topological polar surface area (TPSA) is 55.1 Å². The van der Waals surface area contributed by atoms with Crippen LogP contribution in [0, 0.1) is 0 Å². The molecule has 1 aromatic carbocycles. The van der Waals surface area contributed by atoms with Gasteiger partial charge in [0, 0.05) is 6.42 Å². The first-order valence-electron chi connectivity index (χ1n) is 5.59. The van der Waals surface area contributed by atoms with Gasteiger partial charge in [-0.1, -0.05) is 35.7 Å². The third-order valence-electron chi connectivity index (χ3n) is 2.33. The van der Waals surface area contributed by atoms with E-state index in [1.807, 2.05) is 0 Å². The van der Waals surface area contributed by atoms with Crippen molar-refractivity contribution in [1.29, 1.82) is 0 Å². The molecular weight excluding hydrogens is 259 g/mol. The normalized spacial score (nSPS) is 10.3. The van der Waals surface area contributed by atoms with Crippen LogP contribution in [0.25, 0.3) is 0 Å². The Morgan fingerprint density at radius 2 is 2.00 bits per heavy atom. The highest BCUT2D eigenvalue weighted by Gasteiger charge is 2.07. The molecule has 0 heterocycles. The summed E-state index contributed by atoms with van der Waals surface area (Å²) in [5.41, 5.74) is 5.93. The van der Waals surface area contributed by atoms with E-state index in [0.29, 0.717) is 28.7 Å². The molecule has 0 aliphatic heterocycles. The van der Waals surface area contributed by atoms with E-state index in [0.717, 1.165) is 19.3 Å². The average molecular weight is 275 g/mol. The number of carbonyl (C=O) groups excluding carboxylic acids is 1. The van der Waals surface area contributed by atoms with E-state index in [-0.39, 0.29) is 5.91 Å². The van der Waals surface area contributed by atoms with Crippen LogP contribution in [-0.2, 0) is 4.79 Å². The molecule has 3 N–H and O–H groups in total. The fraction of sp³-hybridized carbons (Fsp3) is 0.417. The summed E-state index contributed by atoms with van der Waals surface area (Å²) in [6.07, 6.45) is 3.22. The van der Waals surface area contributed by atoms with Crippen LogP contribution in [0.3, 0.4) is 0 Å². The molecule has 0 radical (unpaired) electrons. The van der Waals surface area contributed by atoms with Gasteiger partial charge in [-0.2, -0.15) is 0 Å². The molecule has 5 heteroatoms. The molecule has 3 nitrogen and oxygen atoms in total. The summed E-state index contributed by atoms with van der Waals surface area (Å²) in [6.45, 7) is 0.668. The molecule has 0 aliphatic rings. The van der Waals surface area contributed by atoms with Crippen molar-refractivity contribution in [3.8, 4) is 0 Å². The van der Waals surface area contributed by atoms with Gasteiger partial charge >= 0.3 is 0 Å². The maximum Gasteiger partial charge on any atom is 0.224 e. The van der Waals surface area contributed by atoms with Gasteiger partial charge in [0.25, 0.3) is 0 Å². The van der Waals surface area contributed by atoms with Crippen molar-refractivity contribution in [2.45, 2.75) is 25.7 Å². The van der Waals surface area contributed by atoms with Gasteiger partial charge in [0.05, 0.1) is 15.7 Å². The Morgan fingerprint density at radius 1 is 1.24 bits per heavy atom. The number of anilines is 1. The van der Waals surface area contributed by atoms with Crippen LogP contribution in [0.5, 0.6) is 0 Å². The van der Waals surface area contributed by atoms with Crippen molar-refractivity contribution < 1.29 is 4.79 Å². The number of amides is 1. The molecule has 0 saturated heterocycles. The number of hydrogen-bond donors (Lipinski definition) is 2. The Balaban J connectivity index is 2.43. The Labute approximate surface area is 111 Å². The zero-order chi connectivity index (χ0) is 12.7. The van der Waals surface area contributed by atoms with Crippen molar-refractivity contribution >= 4 is 34.8 Å². The van der Waals surface area contributed by atoms with E-state index < -0.39 is 0 Å². The third-order valence-corrected chi connectivity index (χ3v) is 3.15. The Kier molecular flexibility index (Phi) is 6.34. The average Bonchev–Trinajstić information content (AvgIpc) is 2.31. The molecule has 0 bridgehead atoms. The second-order valence-electron chi connectivity index (χ2n) is 3.75. The molecular formula is C12H16Cl2N2O. The van der Waals surface area contributed by atoms with Crippen LogP contribution in [0.2, 0.25) is 10.0 Å². The number of nitrogens with two attached hydrogens (primary N) is 1. The number of carbonyl (C=O) groups is 1. The van der Waals surface area contributed by atoms with Gasteiger partial charge in [-0.25, -0.2) is 0 Å². The predicted molar refractivity (Wildman–Crippen MR) is 72.6 cm³/mol. The molecule has 0 aromatic heterocycles. The fourth-order valence-corrected chi connectivity index (χ4v) is 1.77. The summed E-state index contributed by atoms with van der Waals surface area (Å²) in [5.74, 6) is -0.0498. The third kappa shape index (κ3) is 4.94. The van der Waals surface area contributed by atoms with Gasteiger partial charge in [-0.3, -0.25) is 4.79 Å². The minimum Gasteiger partial charge on any atom is -0.330 e. The van der Waals surface area contributed by atoms with Gasteiger partial charge in [0.1, 0.15) is 0 Å². The molecule has 0 unspecified atom stereocenters. The van der Waals surface area contributed by atoms with Crippen molar-refractivity contribution in [1.82, 2.24) is 0 Å². The SMILES string of the molecule is NCCCCCC(=O)Nc1cccc(Cl)c1Cl. The Hall–Kier alpha value is -0.770. The van der Waals surface area contributed by atoms with Crippen LogP contribution in [0.1, 0.15) is 25.7 Å². The lowest BCUT2D eigenvalue weighted by atomic mass is 10.2. The number of nitrogens with one attached hydrogen (secondary N) is 1. The van der Waals surface area contributed by atoms with E-state index in [2.05, 4.69) is 5.32 Å². The number of halogens is 2. The number of unbranched alkanes of at least 4 members (excludes halogenated alkanes) is 2. The molecule has 0 saturated carbocycles. The summed E-state index contributed by atoms with van der Waals surface area (Å²) < 4.78 is 0. The van der Waals surface area contributed by atoms with Crippen molar-refractivity contribution in [3.63, 3.8) is 0 Å². The van der Waals surface area contributed by atoms with Gasteiger partial charge in [0.15, 0.2) is 0 Å². The quantitative estimate of drug-likeness (QED) is 0.781. The van der Waals surface area contributed by atoms with E-state index in [1.54, 1.807) is 18.2 Å². The Bertz CT molecular complexity index is 383. The second kappa shape index (κ2) is 7.54. The van der Waals surface area contributed by atoms with Crippen LogP contribution in [0.15, 0.2) is 18.2 Å². The van der Waals surface area contributed by atoms with Crippen molar-refractivity contribution in [2.75, 3.05) is 11.9 Å². The number of benzene rings is 1. The van der Waals surface area contributed by atoms with Crippen LogP contribution < -0.4 is 11.1 Å². The van der Waals surface area contributed by atoms with Crippen molar-refractivity contribution in [2.24, 2.45) is 5.73 Å². The first kappa shape index (κ1) is 14.3. The van der Waals surface area contributed by atoms with Crippen LogP contribution >= 0.6 is 23.2 Å². The largest absolute Gasteiger partial charge is 0.330 e. The second-order valence-corrected chi connectivity index (χ2v) is 4.53. The zero-order valence-corrected chi connectivity index (χ0v) is 11.0. The van der Waals surface area contributed by atoms with Gasteiger partial charge < -0.3 is 11.1 Å². The molecule has 17 heavy (non-hydrogen) atoms. The lowest BCUT2D eigenvalue weighted by molar-refractivity contribution is -0.116. The van der Waals surface area contributed by atoms with Crippen LogP contribution in [0.4, 0.5) is 5.69 Å². The monoisotopic (exact) mass is 274 g/mol. The molecule has 0 aliphatic carbocycles. The van der Waals surface area contributed by atoms with E-state index >= 15 is 0 Å². The molecule has 0 spiro atoms. The minimum atomic E-state index is -0.0498. The first-order chi connectivity index (χ1) is 8.15. The maximum atomic E-state index is 11.6. The van der Waals surface area contributed by atoms with Crippen LogP contribution in [-0.4, -0.2) is 12.5 Å². The van der Waals surface area contributed by atoms with E-state index in [4.69, 9.17) is 28.9 Å². The predicted octanol–water partition coefficient (Wildman–Crippen LogP) is 3.45. The fourth-order valence-electron chi connectivity index (χ4n) is 1.42. The highest BCUT2D eigenvalue weighted by atomic mass is 35.5. The smallest absolute Gasteiger partial charge is 0.224 e. The Morgan fingerprint density at radius 3 is 2.71 bits per heavy atom. The molecule has 0 atom stereocenters. The van der Waals surface area contributed by atoms with Gasteiger partial charge in [-0.05, 0) is 31.5 Å². The highest BCUT2D eigenvalue weighted by Crippen LogP contribution is 2.29. The lowest BCUT2D eigenvalue weighted by Crippen LogP contribution is -2.11. The summed E-state index contributed by atoms with van der Waals surface area (Å²) in [6, 6.07) is 5.16. The van der Waals surface area contributed by atoms with Crippen molar-refractivity contribution in [3.05, 3.63) is 28.2 Å². The van der Waals surface area contributed by atoms with E-state index in [1.165, 1.54) is 0 Å². The highest BCUT2D eigenvalue weighted by molar-refractivity contribution is 6.43.